The molecule has 72 valence electrons. The quantitative estimate of drug-likeness (QED) is 0.650. The first-order valence-electron chi connectivity index (χ1n) is 4.74. The van der Waals surface area contributed by atoms with Gasteiger partial charge in [-0.3, -0.25) is 0 Å². The van der Waals surface area contributed by atoms with E-state index in [1.54, 1.807) is 13.8 Å². The number of hydrogen-bond donors (Lipinski definition) is 0. The van der Waals surface area contributed by atoms with E-state index in [4.69, 9.17) is 0 Å². The van der Waals surface area contributed by atoms with Crippen LogP contribution in [0.15, 0.2) is 18.2 Å². The number of alkyl halides is 1. The van der Waals surface area contributed by atoms with E-state index in [0.717, 1.165) is 12.0 Å². The van der Waals surface area contributed by atoms with Crippen LogP contribution in [0.2, 0.25) is 0 Å². The van der Waals surface area contributed by atoms with E-state index in [2.05, 4.69) is 6.92 Å². The molecule has 0 amide bonds. The maximum atomic E-state index is 13.5. The molecule has 0 atom stereocenters. The Morgan fingerprint density at radius 3 is 2.31 bits per heavy atom. The molecule has 0 radical (unpaired) electrons. The van der Waals surface area contributed by atoms with Gasteiger partial charge >= 0.3 is 0 Å². The Balaban J connectivity index is 3.10. The first kappa shape index (κ1) is 10.2. The second-order valence-corrected chi connectivity index (χ2v) is 3.97. The van der Waals surface area contributed by atoms with Gasteiger partial charge in [0.05, 0.1) is 0 Å². The van der Waals surface area contributed by atoms with Crippen molar-refractivity contribution in [3.8, 4) is 0 Å². The summed E-state index contributed by atoms with van der Waals surface area (Å²) in [6.45, 7) is 7.33. The lowest BCUT2D eigenvalue weighted by Crippen LogP contribution is -2.09. The highest BCUT2D eigenvalue weighted by molar-refractivity contribution is 5.33. The number of hydrogen-bond acceptors (Lipinski definition) is 0. The van der Waals surface area contributed by atoms with Gasteiger partial charge in [0.15, 0.2) is 0 Å². The van der Waals surface area contributed by atoms with Gasteiger partial charge in [0.2, 0.25) is 0 Å². The third kappa shape index (κ3) is 2.30. The van der Waals surface area contributed by atoms with Crippen LogP contribution in [-0.4, -0.2) is 0 Å². The normalized spacial score (nSPS) is 11.8. The highest BCUT2D eigenvalue weighted by atomic mass is 19.1. The van der Waals surface area contributed by atoms with Crippen molar-refractivity contribution in [1.82, 2.24) is 0 Å². The molecule has 13 heavy (non-hydrogen) atoms. The molecule has 0 N–H and O–H groups in total. The van der Waals surface area contributed by atoms with Crippen molar-refractivity contribution in [2.75, 3.05) is 0 Å². The lowest BCUT2D eigenvalue weighted by atomic mass is 9.95. The van der Waals surface area contributed by atoms with Crippen LogP contribution in [0.4, 0.5) is 4.39 Å². The molecule has 0 aliphatic carbocycles. The Bertz CT molecular complexity index is 294. The van der Waals surface area contributed by atoms with Crippen LogP contribution in [0.1, 0.15) is 37.5 Å². The predicted octanol–water partition coefficient (Wildman–Crippen LogP) is 3.76. The molecule has 0 fully saturated rings. The fourth-order valence-electron chi connectivity index (χ4n) is 1.46. The summed E-state index contributed by atoms with van der Waals surface area (Å²) in [5.41, 5.74) is 2.03. The number of benzene rings is 1. The van der Waals surface area contributed by atoms with Crippen LogP contribution < -0.4 is 0 Å². The first-order valence-corrected chi connectivity index (χ1v) is 4.74. The zero-order chi connectivity index (χ0) is 10.1. The topological polar surface area (TPSA) is 0 Å². The summed E-state index contributed by atoms with van der Waals surface area (Å²) in [4.78, 5) is 0. The molecule has 1 aromatic carbocycles. The zero-order valence-electron chi connectivity index (χ0n) is 8.82. The predicted molar refractivity (Wildman–Crippen MR) is 54.7 cm³/mol. The van der Waals surface area contributed by atoms with Gasteiger partial charge in [-0.1, -0.05) is 25.1 Å². The van der Waals surface area contributed by atoms with E-state index in [-0.39, 0.29) is 0 Å². The van der Waals surface area contributed by atoms with Crippen molar-refractivity contribution < 1.29 is 4.39 Å². The Kier molecular flexibility index (Phi) is 2.74. The van der Waals surface area contributed by atoms with Crippen LogP contribution >= 0.6 is 0 Å². The van der Waals surface area contributed by atoms with Gasteiger partial charge in [0.1, 0.15) is 5.67 Å². The molecule has 0 nitrogen and oxygen atoms in total. The maximum absolute atomic E-state index is 13.5. The van der Waals surface area contributed by atoms with Gasteiger partial charge in [-0.15, -0.1) is 0 Å². The molecule has 0 spiro atoms. The lowest BCUT2D eigenvalue weighted by molar-refractivity contribution is 0.221. The van der Waals surface area contributed by atoms with E-state index < -0.39 is 5.67 Å². The molecular weight excluding hydrogens is 163 g/mol. The SMILES string of the molecule is CCc1ccc(C(C)(C)F)cc1C. The fourth-order valence-corrected chi connectivity index (χ4v) is 1.46. The van der Waals surface area contributed by atoms with E-state index in [0.29, 0.717) is 0 Å². The first-order chi connectivity index (χ1) is 5.95. The monoisotopic (exact) mass is 180 g/mol. The second-order valence-electron chi connectivity index (χ2n) is 3.97. The highest BCUT2D eigenvalue weighted by Crippen LogP contribution is 2.26. The average Bonchev–Trinajstić information content (AvgIpc) is 2.02. The van der Waals surface area contributed by atoms with E-state index in [1.807, 2.05) is 25.1 Å². The van der Waals surface area contributed by atoms with Crippen molar-refractivity contribution in [2.24, 2.45) is 0 Å². The summed E-state index contributed by atoms with van der Waals surface area (Å²) in [5, 5.41) is 0. The molecule has 0 aliphatic heterocycles. The van der Waals surface area contributed by atoms with Gasteiger partial charge in [-0.25, -0.2) is 4.39 Å². The zero-order valence-corrected chi connectivity index (χ0v) is 8.82. The van der Waals surface area contributed by atoms with Crippen molar-refractivity contribution in [3.05, 3.63) is 34.9 Å². The highest BCUT2D eigenvalue weighted by Gasteiger charge is 2.18. The molecule has 0 saturated carbocycles. The molecule has 0 saturated heterocycles. The van der Waals surface area contributed by atoms with Gasteiger partial charge in [-0.2, -0.15) is 0 Å². The Morgan fingerprint density at radius 1 is 1.31 bits per heavy atom. The van der Waals surface area contributed by atoms with Gasteiger partial charge < -0.3 is 0 Å². The smallest absolute Gasteiger partial charge is 0.130 e. The summed E-state index contributed by atoms with van der Waals surface area (Å²) in [7, 11) is 0. The Labute approximate surface area is 79.8 Å². The van der Waals surface area contributed by atoms with Crippen molar-refractivity contribution in [3.63, 3.8) is 0 Å². The third-order valence-electron chi connectivity index (χ3n) is 2.41. The molecule has 1 rings (SSSR count). The van der Waals surface area contributed by atoms with Crippen molar-refractivity contribution in [2.45, 2.75) is 39.8 Å². The number of rotatable bonds is 2. The molecule has 0 bridgehead atoms. The average molecular weight is 180 g/mol. The fraction of sp³-hybridized carbons (Fsp3) is 0.500. The summed E-state index contributed by atoms with van der Waals surface area (Å²) < 4.78 is 13.5. The van der Waals surface area contributed by atoms with Crippen LogP contribution in [0.5, 0.6) is 0 Å². The van der Waals surface area contributed by atoms with Crippen molar-refractivity contribution >= 4 is 0 Å². The minimum absolute atomic E-state index is 0.766. The second kappa shape index (κ2) is 3.49. The third-order valence-corrected chi connectivity index (χ3v) is 2.41. The summed E-state index contributed by atoms with van der Waals surface area (Å²) in [6.07, 6.45) is 1.01. The largest absolute Gasteiger partial charge is 0.239 e. The Morgan fingerprint density at radius 2 is 1.92 bits per heavy atom. The molecule has 0 heterocycles. The molecule has 0 aliphatic rings. The molecule has 0 unspecified atom stereocenters. The van der Waals surface area contributed by atoms with Crippen LogP contribution in [-0.2, 0) is 12.1 Å². The summed E-state index contributed by atoms with van der Waals surface area (Å²) in [5.74, 6) is 0. The molecular formula is C12H17F. The lowest BCUT2D eigenvalue weighted by Gasteiger charge is -2.16. The standard InChI is InChI=1S/C12H17F/c1-5-10-6-7-11(8-9(10)2)12(3,4)13/h6-8H,5H2,1-4H3. The Hall–Kier alpha value is -0.850. The van der Waals surface area contributed by atoms with Crippen LogP contribution in [0.25, 0.3) is 0 Å². The summed E-state index contributed by atoms with van der Waals surface area (Å²) >= 11 is 0. The maximum Gasteiger partial charge on any atom is 0.130 e. The summed E-state index contributed by atoms with van der Waals surface area (Å²) in [6, 6.07) is 5.84. The van der Waals surface area contributed by atoms with Crippen molar-refractivity contribution in [1.29, 1.82) is 0 Å². The van der Waals surface area contributed by atoms with Crippen LogP contribution in [0, 0.1) is 6.92 Å². The van der Waals surface area contributed by atoms with Gasteiger partial charge in [0.25, 0.3) is 0 Å². The van der Waals surface area contributed by atoms with Crippen LogP contribution in [0.3, 0.4) is 0 Å². The van der Waals surface area contributed by atoms with E-state index >= 15 is 0 Å². The van der Waals surface area contributed by atoms with Gasteiger partial charge in [-0.05, 0) is 43.9 Å². The number of aryl methyl sites for hydroxylation is 2. The van der Waals surface area contributed by atoms with E-state index in [1.165, 1.54) is 11.1 Å². The molecule has 1 aromatic rings. The minimum atomic E-state index is -1.23. The minimum Gasteiger partial charge on any atom is -0.239 e. The number of halogens is 1. The van der Waals surface area contributed by atoms with Gasteiger partial charge in [0, 0.05) is 0 Å². The molecule has 1 heteroatoms. The molecule has 0 aromatic heterocycles. The van der Waals surface area contributed by atoms with E-state index in [9.17, 15) is 4.39 Å².